The maximum atomic E-state index is 6.07. The Labute approximate surface area is 109 Å². The van der Waals surface area contributed by atoms with Crippen LogP contribution in [-0.2, 0) is 0 Å². The van der Waals surface area contributed by atoms with Gasteiger partial charge in [-0.3, -0.25) is 0 Å². The van der Waals surface area contributed by atoms with Crippen LogP contribution in [0.5, 0.6) is 0 Å². The van der Waals surface area contributed by atoms with Crippen LogP contribution in [0.3, 0.4) is 0 Å². The largest absolute Gasteiger partial charge is 0.366 e. The van der Waals surface area contributed by atoms with Crippen molar-refractivity contribution in [2.24, 2.45) is 11.7 Å². The molecule has 0 aliphatic carbocycles. The number of nitrogens with zero attached hydrogens (tertiary/aromatic N) is 1. The number of rotatable bonds is 3. The normalized spacial score (nSPS) is 23.1. The Balaban J connectivity index is 2.20. The minimum atomic E-state index is 0.199. The lowest BCUT2D eigenvalue weighted by Gasteiger charge is -2.33. The Morgan fingerprint density at radius 1 is 1.47 bits per heavy atom. The van der Waals surface area contributed by atoms with Crippen molar-refractivity contribution in [2.45, 2.75) is 32.2 Å². The van der Waals surface area contributed by atoms with Gasteiger partial charge in [-0.05, 0) is 57.4 Å². The van der Waals surface area contributed by atoms with Gasteiger partial charge in [-0.2, -0.15) is 0 Å². The van der Waals surface area contributed by atoms with E-state index < -0.39 is 0 Å². The molecule has 1 heterocycles. The molecule has 0 bridgehead atoms. The maximum Gasteiger partial charge on any atom is 0.0426 e. The quantitative estimate of drug-likeness (QED) is 0.895. The van der Waals surface area contributed by atoms with Crippen molar-refractivity contribution in [3.05, 3.63) is 29.3 Å². The monoisotopic (exact) mass is 252 g/mol. The summed E-state index contributed by atoms with van der Waals surface area (Å²) in [4.78, 5) is 2.46. The van der Waals surface area contributed by atoms with Gasteiger partial charge in [-0.25, -0.2) is 0 Å². The third-order valence-corrected chi connectivity index (χ3v) is 3.89. The molecule has 0 amide bonds. The average Bonchev–Trinajstić information content (AvgIpc) is 2.54. The summed E-state index contributed by atoms with van der Waals surface area (Å²) in [6.45, 7) is 6.46. The number of benzene rings is 1. The minimum Gasteiger partial charge on any atom is -0.366 e. The number of hydrogen-bond acceptors (Lipinski definition) is 2. The first-order valence-electron chi connectivity index (χ1n) is 6.26. The third-order valence-electron chi connectivity index (χ3n) is 3.65. The molecule has 1 aromatic rings. The predicted molar refractivity (Wildman–Crippen MR) is 74.7 cm³/mol. The Bertz CT molecular complexity index is 390. The molecule has 1 unspecified atom stereocenters. The van der Waals surface area contributed by atoms with Crippen LogP contribution in [-0.4, -0.2) is 18.6 Å². The zero-order valence-corrected chi connectivity index (χ0v) is 11.4. The summed E-state index contributed by atoms with van der Waals surface area (Å²) in [5.74, 6) is 0.703. The molecule has 2 nitrogen and oxygen atoms in total. The summed E-state index contributed by atoms with van der Waals surface area (Å²) in [5, 5.41) is 0.806. The van der Waals surface area contributed by atoms with Gasteiger partial charge in [-0.1, -0.05) is 17.7 Å². The molecule has 2 rings (SSSR count). The number of nitrogens with two attached hydrogens (primary N) is 1. The van der Waals surface area contributed by atoms with Crippen LogP contribution in [0, 0.1) is 5.92 Å². The summed E-state index contributed by atoms with van der Waals surface area (Å²) in [5.41, 5.74) is 7.09. The smallest absolute Gasteiger partial charge is 0.0426 e. The lowest BCUT2D eigenvalue weighted by Crippen LogP contribution is -2.38. The van der Waals surface area contributed by atoms with E-state index in [-0.39, 0.29) is 5.54 Å². The van der Waals surface area contributed by atoms with Crippen LogP contribution in [0.2, 0.25) is 5.02 Å². The van der Waals surface area contributed by atoms with E-state index in [0.717, 1.165) is 24.5 Å². The van der Waals surface area contributed by atoms with Gasteiger partial charge in [0.1, 0.15) is 0 Å². The summed E-state index contributed by atoms with van der Waals surface area (Å²) in [6.07, 6.45) is 2.32. The fraction of sp³-hybridized carbons (Fsp3) is 0.571. The number of halogens is 1. The standard InChI is InChI=1S/C14H21ClN2/c1-14(2)9-11(6-7-16)10-17(14)13-5-3-4-12(15)8-13/h3-5,8,11H,6-7,9-10,16H2,1-2H3. The molecular formula is C14H21ClN2. The lowest BCUT2D eigenvalue weighted by atomic mass is 9.94. The van der Waals surface area contributed by atoms with Crippen molar-refractivity contribution in [3.63, 3.8) is 0 Å². The molecule has 0 spiro atoms. The Morgan fingerprint density at radius 2 is 2.24 bits per heavy atom. The molecule has 1 atom stereocenters. The SMILES string of the molecule is CC1(C)CC(CCN)CN1c1cccc(Cl)c1. The van der Waals surface area contributed by atoms with Crippen molar-refractivity contribution in [2.75, 3.05) is 18.0 Å². The van der Waals surface area contributed by atoms with Crippen LogP contribution in [0.25, 0.3) is 0 Å². The second-order valence-electron chi connectivity index (χ2n) is 5.55. The number of anilines is 1. The molecule has 2 N–H and O–H groups in total. The first-order valence-corrected chi connectivity index (χ1v) is 6.64. The fourth-order valence-electron chi connectivity index (χ4n) is 2.91. The van der Waals surface area contributed by atoms with Crippen molar-refractivity contribution in [1.29, 1.82) is 0 Å². The molecule has 0 radical (unpaired) electrons. The highest BCUT2D eigenvalue weighted by atomic mass is 35.5. The molecule has 94 valence electrons. The van der Waals surface area contributed by atoms with E-state index in [2.05, 4.69) is 24.8 Å². The zero-order valence-electron chi connectivity index (χ0n) is 10.6. The molecule has 1 aliphatic heterocycles. The highest BCUT2D eigenvalue weighted by Crippen LogP contribution is 2.38. The van der Waals surface area contributed by atoms with E-state index in [1.165, 1.54) is 12.1 Å². The summed E-state index contributed by atoms with van der Waals surface area (Å²) in [6, 6.07) is 8.13. The summed E-state index contributed by atoms with van der Waals surface area (Å²) >= 11 is 6.07. The fourth-order valence-corrected chi connectivity index (χ4v) is 3.10. The molecule has 1 aromatic carbocycles. The summed E-state index contributed by atoms with van der Waals surface area (Å²) in [7, 11) is 0. The van der Waals surface area contributed by atoms with Gasteiger partial charge in [0, 0.05) is 22.8 Å². The molecule has 17 heavy (non-hydrogen) atoms. The molecular weight excluding hydrogens is 232 g/mol. The van der Waals surface area contributed by atoms with E-state index in [1.807, 2.05) is 18.2 Å². The van der Waals surface area contributed by atoms with E-state index >= 15 is 0 Å². The van der Waals surface area contributed by atoms with Gasteiger partial charge >= 0.3 is 0 Å². The minimum absolute atomic E-state index is 0.199. The molecule has 1 saturated heterocycles. The maximum absolute atomic E-state index is 6.07. The second-order valence-corrected chi connectivity index (χ2v) is 5.99. The zero-order chi connectivity index (χ0) is 12.5. The molecule has 0 aromatic heterocycles. The van der Waals surface area contributed by atoms with Gasteiger partial charge in [0.25, 0.3) is 0 Å². The molecule has 3 heteroatoms. The van der Waals surface area contributed by atoms with E-state index in [9.17, 15) is 0 Å². The lowest BCUT2D eigenvalue weighted by molar-refractivity contribution is 0.458. The van der Waals surface area contributed by atoms with Crippen molar-refractivity contribution >= 4 is 17.3 Å². The van der Waals surface area contributed by atoms with E-state index in [0.29, 0.717) is 5.92 Å². The highest BCUT2D eigenvalue weighted by molar-refractivity contribution is 6.30. The second kappa shape index (κ2) is 4.87. The average molecular weight is 253 g/mol. The van der Waals surface area contributed by atoms with Gasteiger partial charge < -0.3 is 10.6 Å². The van der Waals surface area contributed by atoms with E-state index in [4.69, 9.17) is 17.3 Å². The Kier molecular flexibility index (Phi) is 3.64. The Hall–Kier alpha value is -0.730. The highest BCUT2D eigenvalue weighted by Gasteiger charge is 2.37. The number of hydrogen-bond donors (Lipinski definition) is 1. The van der Waals surface area contributed by atoms with Crippen LogP contribution < -0.4 is 10.6 Å². The van der Waals surface area contributed by atoms with Crippen molar-refractivity contribution < 1.29 is 0 Å². The van der Waals surface area contributed by atoms with Crippen molar-refractivity contribution in [1.82, 2.24) is 0 Å². The summed E-state index contributed by atoms with van der Waals surface area (Å²) < 4.78 is 0. The van der Waals surface area contributed by atoms with Crippen molar-refractivity contribution in [3.8, 4) is 0 Å². The van der Waals surface area contributed by atoms with Gasteiger partial charge in [0.15, 0.2) is 0 Å². The van der Waals surface area contributed by atoms with Crippen LogP contribution in [0.4, 0.5) is 5.69 Å². The first kappa shape index (κ1) is 12.7. The first-order chi connectivity index (χ1) is 8.03. The van der Waals surface area contributed by atoms with Gasteiger partial charge in [0.2, 0.25) is 0 Å². The predicted octanol–water partition coefficient (Wildman–Crippen LogP) is 3.29. The molecule has 1 aliphatic rings. The van der Waals surface area contributed by atoms with Crippen LogP contribution >= 0.6 is 11.6 Å². The Morgan fingerprint density at radius 3 is 2.88 bits per heavy atom. The van der Waals surface area contributed by atoms with Gasteiger partial charge in [0.05, 0.1) is 0 Å². The molecule has 1 fully saturated rings. The van der Waals surface area contributed by atoms with Crippen LogP contribution in [0.15, 0.2) is 24.3 Å². The van der Waals surface area contributed by atoms with E-state index in [1.54, 1.807) is 0 Å². The third kappa shape index (κ3) is 2.75. The van der Waals surface area contributed by atoms with Gasteiger partial charge in [-0.15, -0.1) is 0 Å². The molecule has 0 saturated carbocycles. The topological polar surface area (TPSA) is 29.3 Å². The van der Waals surface area contributed by atoms with Crippen LogP contribution in [0.1, 0.15) is 26.7 Å².